The summed E-state index contributed by atoms with van der Waals surface area (Å²) >= 11 is 14.8. The predicted molar refractivity (Wildman–Crippen MR) is 150 cm³/mol. The smallest absolute Gasteiger partial charge is 0.338 e. The van der Waals surface area contributed by atoms with Crippen LogP contribution in [0.2, 0.25) is 0 Å². The zero-order valence-corrected chi connectivity index (χ0v) is 23.2. The lowest BCUT2D eigenvalue weighted by Gasteiger charge is -2.54. The van der Waals surface area contributed by atoms with E-state index in [4.69, 9.17) is 27.9 Å². The maximum atomic E-state index is 13.8. The lowest BCUT2D eigenvalue weighted by atomic mass is 9.54. The standard InChI is InChI=1S/C31H26Cl2N2O5/c1-2-17-40-29(39)18-11-13-19(14-12-18)34-24(36)15-16-35-27(37)25-26(28(35)38)31(33)21-8-4-3-7-20(21)30(25,32)22-9-5-6-10-23(22)31/h3-14,25-26H,2,15-17H2,1H3,(H,34,36)/t25-,26-,30?,31?/m0/s1. The Morgan fingerprint density at radius 1 is 0.825 bits per heavy atom. The molecule has 9 heteroatoms. The van der Waals surface area contributed by atoms with Gasteiger partial charge in [0.15, 0.2) is 0 Å². The number of halogens is 2. The van der Waals surface area contributed by atoms with Gasteiger partial charge in [-0.15, -0.1) is 23.2 Å². The number of rotatable bonds is 7. The molecule has 1 N–H and O–H groups in total. The summed E-state index contributed by atoms with van der Waals surface area (Å²) in [5.74, 6) is -3.46. The first-order valence-electron chi connectivity index (χ1n) is 13.2. The van der Waals surface area contributed by atoms with Crippen LogP contribution < -0.4 is 5.32 Å². The first-order valence-corrected chi connectivity index (χ1v) is 14.0. The Morgan fingerprint density at radius 2 is 1.30 bits per heavy atom. The maximum absolute atomic E-state index is 13.8. The number of hydrogen-bond donors (Lipinski definition) is 1. The van der Waals surface area contributed by atoms with Gasteiger partial charge in [-0.2, -0.15) is 0 Å². The Hall–Kier alpha value is -3.68. The van der Waals surface area contributed by atoms with E-state index < -0.39 is 39.4 Å². The second kappa shape index (κ2) is 9.75. The summed E-state index contributed by atoms with van der Waals surface area (Å²) in [7, 11) is 0. The molecule has 4 aliphatic rings. The fourth-order valence-corrected chi connectivity index (χ4v) is 7.45. The zero-order valence-electron chi connectivity index (χ0n) is 21.7. The predicted octanol–water partition coefficient (Wildman–Crippen LogP) is 5.18. The summed E-state index contributed by atoms with van der Waals surface area (Å²) in [6.45, 7) is 2.14. The summed E-state index contributed by atoms with van der Waals surface area (Å²) in [6.07, 6.45) is 0.614. The Morgan fingerprint density at radius 3 is 1.75 bits per heavy atom. The van der Waals surface area contributed by atoms with Crippen LogP contribution in [0.1, 0.15) is 52.4 Å². The van der Waals surface area contributed by atoms with Crippen molar-refractivity contribution in [2.24, 2.45) is 11.8 Å². The van der Waals surface area contributed by atoms with Gasteiger partial charge < -0.3 is 10.1 Å². The number of likely N-dealkylation sites (tertiary alicyclic amines) is 1. The largest absolute Gasteiger partial charge is 0.462 e. The van der Waals surface area contributed by atoms with Crippen LogP contribution in [-0.4, -0.2) is 41.7 Å². The molecule has 0 saturated carbocycles. The topological polar surface area (TPSA) is 92.8 Å². The normalized spacial score (nSPS) is 25.7. The molecular formula is C31H26Cl2N2O5. The minimum absolute atomic E-state index is 0.107. The molecule has 0 unspecified atom stereocenters. The number of nitrogens with zero attached hydrogens (tertiary/aromatic N) is 1. The second-order valence-electron chi connectivity index (χ2n) is 10.3. The van der Waals surface area contributed by atoms with Crippen molar-refractivity contribution in [3.8, 4) is 0 Å². The Kier molecular flexibility index (Phi) is 6.47. The van der Waals surface area contributed by atoms with Crippen LogP contribution in [0, 0.1) is 11.8 Å². The molecule has 0 aromatic heterocycles. The maximum Gasteiger partial charge on any atom is 0.338 e. The summed E-state index contributed by atoms with van der Waals surface area (Å²) in [4.78, 5) is 51.1. The van der Waals surface area contributed by atoms with Gasteiger partial charge in [0.05, 0.1) is 24.0 Å². The van der Waals surface area contributed by atoms with E-state index in [2.05, 4.69) is 5.32 Å². The molecule has 2 atom stereocenters. The first-order chi connectivity index (χ1) is 19.2. The zero-order chi connectivity index (χ0) is 28.2. The van der Waals surface area contributed by atoms with Gasteiger partial charge in [0, 0.05) is 18.7 Å². The van der Waals surface area contributed by atoms with E-state index in [9.17, 15) is 19.2 Å². The molecule has 204 valence electrons. The SMILES string of the molecule is CCCOC(=O)c1ccc(NC(=O)CCN2C(=O)[C@@H]3[C@@H](C2=O)C2(Cl)c4ccccc4C3(Cl)c3ccccc32)cc1. The van der Waals surface area contributed by atoms with Crippen molar-refractivity contribution in [3.05, 3.63) is 101 Å². The minimum Gasteiger partial charge on any atom is -0.462 e. The molecule has 3 aromatic rings. The molecular weight excluding hydrogens is 551 g/mol. The van der Waals surface area contributed by atoms with Crippen LogP contribution in [0.5, 0.6) is 0 Å². The van der Waals surface area contributed by atoms with Crippen molar-refractivity contribution < 1.29 is 23.9 Å². The molecule has 1 heterocycles. The number of imide groups is 1. The van der Waals surface area contributed by atoms with Gasteiger partial charge in [-0.3, -0.25) is 19.3 Å². The average Bonchev–Trinajstić information content (AvgIpc) is 3.24. The van der Waals surface area contributed by atoms with Gasteiger partial charge in [-0.1, -0.05) is 55.5 Å². The van der Waals surface area contributed by atoms with Crippen LogP contribution in [0.4, 0.5) is 5.69 Å². The van der Waals surface area contributed by atoms with Crippen LogP contribution in [0.15, 0.2) is 72.8 Å². The number of ether oxygens (including phenoxy) is 1. The third-order valence-corrected chi connectivity index (χ3v) is 9.37. The molecule has 1 aliphatic heterocycles. The highest BCUT2D eigenvalue weighted by molar-refractivity contribution is 6.36. The second-order valence-corrected chi connectivity index (χ2v) is 11.5. The van der Waals surface area contributed by atoms with E-state index >= 15 is 0 Å². The lowest BCUT2D eigenvalue weighted by Crippen LogP contribution is -2.57. The van der Waals surface area contributed by atoms with Crippen LogP contribution >= 0.6 is 23.2 Å². The van der Waals surface area contributed by atoms with Gasteiger partial charge >= 0.3 is 5.97 Å². The molecule has 1 fully saturated rings. The number of carbonyl (C=O) groups excluding carboxylic acids is 4. The number of anilines is 1. The number of nitrogens with one attached hydrogen (secondary N) is 1. The first kappa shape index (κ1) is 26.5. The Bertz CT molecular complexity index is 1430. The number of esters is 1. The van der Waals surface area contributed by atoms with Crippen molar-refractivity contribution in [2.45, 2.75) is 29.5 Å². The van der Waals surface area contributed by atoms with E-state index in [1.807, 2.05) is 55.5 Å². The highest BCUT2D eigenvalue weighted by Crippen LogP contribution is 2.69. The number of benzene rings is 3. The van der Waals surface area contributed by atoms with Gasteiger partial charge in [0.25, 0.3) is 0 Å². The lowest BCUT2D eigenvalue weighted by molar-refractivity contribution is -0.140. The van der Waals surface area contributed by atoms with E-state index in [1.54, 1.807) is 24.3 Å². The molecule has 0 spiro atoms. The molecule has 3 aliphatic carbocycles. The molecule has 1 saturated heterocycles. The number of carbonyl (C=O) groups is 4. The molecule has 40 heavy (non-hydrogen) atoms. The van der Waals surface area contributed by atoms with E-state index in [0.717, 1.165) is 33.6 Å². The molecule has 2 bridgehead atoms. The van der Waals surface area contributed by atoms with Crippen molar-refractivity contribution in [1.82, 2.24) is 4.90 Å². The Labute approximate surface area is 241 Å². The van der Waals surface area contributed by atoms with E-state index in [-0.39, 0.29) is 18.9 Å². The van der Waals surface area contributed by atoms with Gasteiger partial charge in [-0.25, -0.2) is 4.79 Å². The molecule has 0 radical (unpaired) electrons. The molecule has 7 rings (SSSR count). The summed E-state index contributed by atoms with van der Waals surface area (Å²) < 4.78 is 5.11. The average molecular weight is 577 g/mol. The van der Waals surface area contributed by atoms with Gasteiger partial charge in [-0.05, 0) is 52.9 Å². The van der Waals surface area contributed by atoms with Crippen molar-refractivity contribution in [2.75, 3.05) is 18.5 Å². The molecule has 7 nitrogen and oxygen atoms in total. The van der Waals surface area contributed by atoms with Crippen LogP contribution in [0.3, 0.4) is 0 Å². The van der Waals surface area contributed by atoms with Crippen molar-refractivity contribution >= 4 is 52.6 Å². The van der Waals surface area contributed by atoms with E-state index in [0.29, 0.717) is 17.9 Å². The number of alkyl halides is 2. The van der Waals surface area contributed by atoms with Gasteiger partial charge in [0.2, 0.25) is 17.7 Å². The monoisotopic (exact) mass is 576 g/mol. The van der Waals surface area contributed by atoms with E-state index in [1.165, 1.54) is 0 Å². The molecule has 3 amide bonds. The summed E-state index contributed by atoms with van der Waals surface area (Å²) in [5.41, 5.74) is 3.78. The highest BCUT2D eigenvalue weighted by atomic mass is 35.5. The molecule has 3 aromatic carbocycles. The third kappa shape index (κ3) is 3.71. The number of amides is 3. The quantitative estimate of drug-likeness (QED) is 0.238. The van der Waals surface area contributed by atoms with Crippen molar-refractivity contribution in [3.63, 3.8) is 0 Å². The highest BCUT2D eigenvalue weighted by Gasteiger charge is 2.72. The fourth-order valence-electron chi connectivity index (χ4n) is 6.35. The van der Waals surface area contributed by atoms with Crippen molar-refractivity contribution in [1.29, 1.82) is 0 Å². The summed E-state index contributed by atoms with van der Waals surface area (Å²) in [5, 5.41) is 2.75. The van der Waals surface area contributed by atoms with Gasteiger partial charge in [0.1, 0.15) is 9.75 Å². The number of hydrogen-bond acceptors (Lipinski definition) is 5. The Balaban J connectivity index is 1.22. The fraction of sp³-hybridized carbons (Fsp3) is 0.290. The summed E-state index contributed by atoms with van der Waals surface area (Å²) in [6, 6.07) is 21.2. The third-order valence-electron chi connectivity index (χ3n) is 8.08. The van der Waals surface area contributed by atoms with Crippen LogP contribution in [-0.2, 0) is 28.9 Å². The van der Waals surface area contributed by atoms with Crippen LogP contribution in [0.25, 0.3) is 0 Å². The minimum atomic E-state index is -1.25.